The minimum atomic E-state index is -4.61. The monoisotopic (exact) mass is 921 g/mol. The van der Waals surface area contributed by atoms with Gasteiger partial charge in [0.1, 0.15) is 13.2 Å². The molecule has 2 N–H and O–H groups in total. The number of carbonyl (C=O) groups excluding carboxylic acids is 1. The first-order valence-electron chi connectivity index (χ1n) is 27.0. The molecule has 8 nitrogen and oxygen atoms in total. The van der Waals surface area contributed by atoms with Gasteiger partial charge in [0, 0.05) is 6.42 Å². The van der Waals surface area contributed by atoms with Gasteiger partial charge in [0.05, 0.1) is 39.9 Å². The second-order valence-corrected chi connectivity index (χ2v) is 21.0. The van der Waals surface area contributed by atoms with E-state index in [1.807, 2.05) is 27.2 Å². The molecule has 0 aromatic rings. The molecule has 9 heteroatoms. The number of nitrogens with one attached hydrogen (secondary N) is 1. The second-order valence-electron chi connectivity index (χ2n) is 19.6. The van der Waals surface area contributed by atoms with Gasteiger partial charge in [-0.05, 0) is 64.2 Å². The number of nitrogens with zero attached hydrogens (tertiary/aromatic N) is 1. The third kappa shape index (κ3) is 48.4. The average Bonchev–Trinajstić information content (AvgIpc) is 3.25. The number of likely N-dealkylation sites (N-methyl/N-ethyl adjacent to an activating group) is 1. The molecule has 0 rings (SSSR count). The largest absolute Gasteiger partial charge is 0.756 e. The molecule has 1 amide bonds. The molecule has 0 aliphatic heterocycles. The van der Waals surface area contributed by atoms with Crippen LogP contribution in [0.3, 0.4) is 0 Å². The minimum Gasteiger partial charge on any atom is -0.756 e. The summed E-state index contributed by atoms with van der Waals surface area (Å²) in [6.45, 7) is 4.60. The third-order valence-electron chi connectivity index (χ3n) is 12.0. The highest BCUT2D eigenvalue weighted by Gasteiger charge is 2.23. The molecular formula is C55H105N2O6P. The van der Waals surface area contributed by atoms with Gasteiger partial charge in [-0.25, -0.2) is 0 Å². The predicted octanol–water partition coefficient (Wildman–Crippen LogP) is 15.3. The highest BCUT2D eigenvalue weighted by atomic mass is 31.2. The first kappa shape index (κ1) is 62.5. The number of aliphatic hydroxyl groups is 1. The van der Waals surface area contributed by atoms with E-state index in [0.29, 0.717) is 17.4 Å². The van der Waals surface area contributed by atoms with Crippen molar-refractivity contribution in [2.45, 2.75) is 257 Å². The molecule has 3 atom stereocenters. The molecule has 0 aromatic carbocycles. The maximum Gasteiger partial charge on any atom is 0.268 e. The number of rotatable bonds is 49. The van der Waals surface area contributed by atoms with E-state index >= 15 is 0 Å². The normalized spacial score (nSPS) is 14.4. The standard InChI is InChI=1S/C55H105N2O6P/c1-6-8-10-12-14-16-18-20-22-23-24-25-26-27-28-29-30-31-32-33-35-36-38-40-42-44-46-48-54(58)53(52-63-64(60,61)62-51-50-57(3,4)5)56-55(59)49-47-45-43-41-39-37-34-21-19-17-15-13-11-9-7-2/h15,17,21,34,38,40,46,48,53-54,58H,6-14,16,18-20,22-33,35-37,39,41-45,47,49-52H2,1-5H3,(H-,56,59,60,61)/b17-15-,34-21-,40-38+,48-46+. The Morgan fingerprint density at radius 1 is 0.547 bits per heavy atom. The Morgan fingerprint density at radius 3 is 1.39 bits per heavy atom. The van der Waals surface area contributed by atoms with Crippen LogP contribution in [0.1, 0.15) is 245 Å². The summed E-state index contributed by atoms with van der Waals surface area (Å²) in [6, 6.07) is -0.911. The van der Waals surface area contributed by atoms with Gasteiger partial charge >= 0.3 is 0 Å². The van der Waals surface area contributed by atoms with Gasteiger partial charge in [-0.3, -0.25) is 9.36 Å². The highest BCUT2D eigenvalue weighted by molar-refractivity contribution is 7.45. The molecule has 3 unspecified atom stereocenters. The van der Waals surface area contributed by atoms with Crippen molar-refractivity contribution < 1.29 is 32.9 Å². The maximum atomic E-state index is 12.9. The first-order chi connectivity index (χ1) is 31.0. The number of phosphoric ester groups is 1. The fraction of sp³-hybridized carbons (Fsp3) is 0.836. The number of amides is 1. The lowest BCUT2D eigenvalue weighted by Gasteiger charge is -2.29. The van der Waals surface area contributed by atoms with Crippen LogP contribution >= 0.6 is 7.82 Å². The van der Waals surface area contributed by atoms with E-state index < -0.39 is 26.6 Å². The third-order valence-corrected chi connectivity index (χ3v) is 13.0. The first-order valence-corrected chi connectivity index (χ1v) is 28.5. The molecule has 0 aromatic heterocycles. The Kier molecular flexibility index (Phi) is 45.4. The number of phosphoric acid groups is 1. The van der Waals surface area contributed by atoms with Crippen LogP contribution in [0.4, 0.5) is 0 Å². The summed E-state index contributed by atoms with van der Waals surface area (Å²) in [5.74, 6) is -0.221. The van der Waals surface area contributed by atoms with Crippen molar-refractivity contribution in [2.24, 2.45) is 0 Å². The van der Waals surface area contributed by atoms with E-state index in [0.717, 1.165) is 64.2 Å². The Bertz CT molecular complexity index is 1180. The van der Waals surface area contributed by atoms with Crippen LogP contribution in [0.5, 0.6) is 0 Å². The fourth-order valence-corrected chi connectivity index (χ4v) is 8.45. The Morgan fingerprint density at radius 2 is 0.922 bits per heavy atom. The number of unbranched alkanes of at least 4 members (excludes halogenated alkanes) is 30. The topological polar surface area (TPSA) is 108 Å². The number of carbonyl (C=O) groups is 1. The molecule has 64 heavy (non-hydrogen) atoms. The second kappa shape index (κ2) is 46.6. The van der Waals surface area contributed by atoms with E-state index in [-0.39, 0.29) is 12.5 Å². The quantitative estimate of drug-likeness (QED) is 0.0272. The molecule has 0 spiro atoms. The van der Waals surface area contributed by atoms with Crippen LogP contribution < -0.4 is 10.2 Å². The highest BCUT2D eigenvalue weighted by Crippen LogP contribution is 2.38. The van der Waals surface area contributed by atoms with Crippen molar-refractivity contribution in [3.05, 3.63) is 48.6 Å². The van der Waals surface area contributed by atoms with E-state index in [1.165, 1.54) is 161 Å². The van der Waals surface area contributed by atoms with Gasteiger partial charge in [0.25, 0.3) is 7.82 Å². The Labute approximate surface area is 397 Å². The summed E-state index contributed by atoms with van der Waals surface area (Å²) in [5, 5.41) is 13.8. The molecule has 376 valence electrons. The fourth-order valence-electron chi connectivity index (χ4n) is 7.73. The maximum absolute atomic E-state index is 12.9. The van der Waals surface area contributed by atoms with Crippen LogP contribution in [-0.2, 0) is 18.4 Å². The SMILES string of the molecule is CCCCC/C=C\C/C=C\CCCCCCCC(=O)NC(COP(=O)([O-])OCC[N+](C)(C)C)C(O)/C=C/CC/C=C/CCCCCCCCCCCCCCCCCCCCCCC. The number of hydrogen-bond acceptors (Lipinski definition) is 6. The molecule has 0 bridgehead atoms. The van der Waals surface area contributed by atoms with Crippen molar-refractivity contribution in [1.82, 2.24) is 5.32 Å². The zero-order valence-corrected chi connectivity index (χ0v) is 43.6. The lowest BCUT2D eigenvalue weighted by molar-refractivity contribution is -0.870. The number of allylic oxidation sites excluding steroid dienone is 7. The molecule has 0 saturated heterocycles. The molecular weight excluding hydrogens is 816 g/mol. The zero-order chi connectivity index (χ0) is 47.1. The van der Waals surface area contributed by atoms with Gasteiger partial charge in [0.15, 0.2) is 0 Å². The van der Waals surface area contributed by atoms with E-state index in [1.54, 1.807) is 6.08 Å². The van der Waals surface area contributed by atoms with Crippen LogP contribution in [-0.4, -0.2) is 68.5 Å². The lowest BCUT2D eigenvalue weighted by Crippen LogP contribution is -2.45. The van der Waals surface area contributed by atoms with Crippen molar-refractivity contribution in [3.63, 3.8) is 0 Å². The summed E-state index contributed by atoms with van der Waals surface area (Å²) in [7, 11) is 1.23. The van der Waals surface area contributed by atoms with E-state index in [2.05, 4.69) is 55.6 Å². The average molecular weight is 921 g/mol. The molecule has 0 radical (unpaired) electrons. The number of hydrogen-bond donors (Lipinski definition) is 2. The van der Waals surface area contributed by atoms with Crippen LogP contribution in [0, 0.1) is 0 Å². The molecule has 0 aliphatic carbocycles. The molecule has 0 fully saturated rings. The van der Waals surface area contributed by atoms with Crippen LogP contribution in [0.25, 0.3) is 0 Å². The molecule has 0 heterocycles. The van der Waals surface area contributed by atoms with E-state index in [4.69, 9.17) is 9.05 Å². The predicted molar refractivity (Wildman–Crippen MR) is 274 cm³/mol. The number of aliphatic hydroxyl groups excluding tert-OH is 1. The summed E-state index contributed by atoms with van der Waals surface area (Å²) < 4.78 is 23.3. The molecule has 0 aliphatic rings. The van der Waals surface area contributed by atoms with Crippen LogP contribution in [0.15, 0.2) is 48.6 Å². The Hall–Kier alpha value is -1.54. The van der Waals surface area contributed by atoms with E-state index in [9.17, 15) is 19.4 Å². The van der Waals surface area contributed by atoms with Crippen LogP contribution in [0.2, 0.25) is 0 Å². The Balaban J connectivity index is 4.26. The van der Waals surface area contributed by atoms with Gasteiger partial charge in [-0.2, -0.15) is 0 Å². The van der Waals surface area contributed by atoms with Crippen molar-refractivity contribution in [3.8, 4) is 0 Å². The summed E-state index contributed by atoms with van der Waals surface area (Å²) in [5.41, 5.74) is 0. The minimum absolute atomic E-state index is 0.0102. The van der Waals surface area contributed by atoms with Crippen molar-refractivity contribution >= 4 is 13.7 Å². The zero-order valence-electron chi connectivity index (χ0n) is 42.7. The lowest BCUT2D eigenvalue weighted by atomic mass is 10.0. The van der Waals surface area contributed by atoms with Crippen molar-refractivity contribution in [1.29, 1.82) is 0 Å². The summed E-state index contributed by atoms with van der Waals surface area (Å²) in [4.78, 5) is 25.4. The molecule has 0 saturated carbocycles. The summed E-state index contributed by atoms with van der Waals surface area (Å²) in [6.07, 6.45) is 60.5. The van der Waals surface area contributed by atoms with Crippen molar-refractivity contribution in [2.75, 3.05) is 40.9 Å². The van der Waals surface area contributed by atoms with Gasteiger partial charge < -0.3 is 28.8 Å². The smallest absolute Gasteiger partial charge is 0.268 e. The van der Waals surface area contributed by atoms with Gasteiger partial charge in [-0.15, -0.1) is 0 Å². The summed E-state index contributed by atoms with van der Waals surface area (Å²) >= 11 is 0. The number of quaternary nitrogens is 1. The van der Waals surface area contributed by atoms with Gasteiger partial charge in [-0.1, -0.05) is 223 Å². The van der Waals surface area contributed by atoms with Gasteiger partial charge in [0.2, 0.25) is 5.91 Å².